The molecule has 1 atom stereocenters. The third-order valence-corrected chi connectivity index (χ3v) is 7.07. The van der Waals surface area contributed by atoms with Crippen molar-refractivity contribution in [3.8, 4) is 23.0 Å². The minimum atomic E-state index is -0.768. The molecule has 0 spiro atoms. The van der Waals surface area contributed by atoms with Crippen LogP contribution in [0.1, 0.15) is 79.4 Å². The zero-order valence-corrected chi connectivity index (χ0v) is 21.6. The molecule has 0 saturated heterocycles. The normalized spacial score (nSPS) is 17.1. The van der Waals surface area contributed by atoms with Crippen molar-refractivity contribution in [2.75, 3.05) is 6.61 Å². The third kappa shape index (κ3) is 5.52. The Hall–Kier alpha value is -3.05. The first-order chi connectivity index (χ1) is 17.2. The van der Waals surface area contributed by atoms with Gasteiger partial charge in [0.15, 0.2) is 0 Å². The van der Waals surface area contributed by atoms with Gasteiger partial charge in [-0.15, -0.1) is 0 Å². The van der Waals surface area contributed by atoms with Gasteiger partial charge in [-0.2, -0.15) is 0 Å². The van der Waals surface area contributed by atoms with Crippen LogP contribution in [0.5, 0.6) is 23.0 Å². The standard InChI is InChI=1S/C31H35FO4/c1-19-17-24(18-20(2)30(19)34-16-15-31(3,4)33)36-27-14-12-26(32)29-25(27)11-13-28(29)35-23-9-7-22(8-10-23)21-5-6-21/h7-10,12,14,17-18,21,28,33H,5-6,11,13,15-16H2,1-4H3. The number of rotatable bonds is 9. The van der Waals surface area contributed by atoms with Crippen molar-refractivity contribution in [2.45, 2.75) is 77.4 Å². The summed E-state index contributed by atoms with van der Waals surface area (Å²) in [5, 5.41) is 9.94. The van der Waals surface area contributed by atoms with E-state index in [9.17, 15) is 9.50 Å². The molecule has 1 N–H and O–H groups in total. The van der Waals surface area contributed by atoms with E-state index in [1.807, 2.05) is 38.1 Å². The van der Waals surface area contributed by atoms with E-state index in [0.29, 0.717) is 48.8 Å². The number of aliphatic hydroxyl groups is 1. The molecule has 2 aliphatic rings. The van der Waals surface area contributed by atoms with Crippen LogP contribution in [0, 0.1) is 19.7 Å². The van der Waals surface area contributed by atoms with Crippen molar-refractivity contribution in [3.63, 3.8) is 0 Å². The van der Waals surface area contributed by atoms with Crippen LogP contribution in [0.25, 0.3) is 0 Å². The molecule has 0 aromatic heterocycles. The number of aryl methyl sites for hydroxylation is 2. The van der Waals surface area contributed by atoms with Crippen LogP contribution >= 0.6 is 0 Å². The molecule has 0 aliphatic heterocycles. The Balaban J connectivity index is 1.31. The summed E-state index contributed by atoms with van der Waals surface area (Å²) in [6.07, 6.45) is 4.15. The lowest BCUT2D eigenvalue weighted by molar-refractivity contribution is 0.0551. The van der Waals surface area contributed by atoms with Gasteiger partial charge in [0, 0.05) is 17.5 Å². The molecule has 1 fully saturated rings. The lowest BCUT2D eigenvalue weighted by atomic mass is 10.1. The molecule has 1 saturated carbocycles. The highest BCUT2D eigenvalue weighted by Gasteiger charge is 2.31. The summed E-state index contributed by atoms with van der Waals surface area (Å²) < 4.78 is 33.4. The second kappa shape index (κ2) is 9.78. The SMILES string of the molecule is Cc1cc(Oc2ccc(F)c3c2CCC3Oc2ccc(C3CC3)cc2)cc(C)c1OCCC(C)(C)O. The van der Waals surface area contributed by atoms with Crippen LogP contribution in [-0.4, -0.2) is 17.3 Å². The molecular weight excluding hydrogens is 455 g/mol. The summed E-state index contributed by atoms with van der Waals surface area (Å²) in [7, 11) is 0. The molecule has 5 rings (SSSR count). The third-order valence-electron chi connectivity index (χ3n) is 7.07. The maximum atomic E-state index is 15.0. The van der Waals surface area contributed by atoms with E-state index in [0.717, 1.165) is 28.2 Å². The Bertz CT molecular complexity index is 1220. The first-order valence-electron chi connectivity index (χ1n) is 12.9. The Kier molecular flexibility index (Phi) is 6.69. The molecule has 0 bridgehead atoms. The molecule has 3 aromatic carbocycles. The fourth-order valence-electron chi connectivity index (χ4n) is 4.98. The largest absolute Gasteiger partial charge is 0.493 e. The maximum absolute atomic E-state index is 15.0. The fraction of sp³-hybridized carbons (Fsp3) is 0.419. The van der Waals surface area contributed by atoms with E-state index in [2.05, 4.69) is 12.1 Å². The van der Waals surface area contributed by atoms with Gasteiger partial charge >= 0.3 is 0 Å². The van der Waals surface area contributed by atoms with E-state index < -0.39 is 5.60 Å². The first-order valence-corrected chi connectivity index (χ1v) is 12.9. The quantitative estimate of drug-likeness (QED) is 0.334. The fourth-order valence-corrected chi connectivity index (χ4v) is 4.98. The minimum Gasteiger partial charge on any atom is -0.493 e. The number of fused-ring (bicyclic) bond motifs is 1. The molecule has 3 aromatic rings. The van der Waals surface area contributed by atoms with Crippen LogP contribution < -0.4 is 14.2 Å². The van der Waals surface area contributed by atoms with Crippen LogP contribution in [0.3, 0.4) is 0 Å². The van der Waals surface area contributed by atoms with Crippen molar-refractivity contribution in [2.24, 2.45) is 0 Å². The van der Waals surface area contributed by atoms with E-state index >= 15 is 0 Å². The highest BCUT2D eigenvalue weighted by molar-refractivity contribution is 5.51. The lowest BCUT2D eigenvalue weighted by Gasteiger charge is -2.20. The number of hydrogen-bond acceptors (Lipinski definition) is 4. The van der Waals surface area contributed by atoms with Gasteiger partial charge in [-0.1, -0.05) is 12.1 Å². The van der Waals surface area contributed by atoms with Gasteiger partial charge in [0.25, 0.3) is 0 Å². The Morgan fingerprint density at radius 2 is 1.64 bits per heavy atom. The Labute approximate surface area is 213 Å². The molecular formula is C31H35FO4. The summed E-state index contributed by atoms with van der Waals surface area (Å²) in [5.41, 5.74) is 3.96. The van der Waals surface area contributed by atoms with E-state index in [1.165, 1.54) is 24.5 Å². The van der Waals surface area contributed by atoms with E-state index in [4.69, 9.17) is 14.2 Å². The van der Waals surface area contributed by atoms with Gasteiger partial charge in [0.1, 0.15) is 34.9 Å². The van der Waals surface area contributed by atoms with Gasteiger partial charge < -0.3 is 19.3 Å². The second-order valence-electron chi connectivity index (χ2n) is 10.8. The highest BCUT2D eigenvalue weighted by atomic mass is 19.1. The Morgan fingerprint density at radius 1 is 0.944 bits per heavy atom. The van der Waals surface area contributed by atoms with Crippen molar-refractivity contribution >= 4 is 0 Å². The number of ether oxygens (including phenoxy) is 3. The first kappa shape index (κ1) is 24.6. The number of halogens is 1. The van der Waals surface area contributed by atoms with E-state index in [1.54, 1.807) is 19.9 Å². The zero-order valence-electron chi connectivity index (χ0n) is 21.6. The average molecular weight is 491 g/mol. The minimum absolute atomic E-state index is 0.252. The summed E-state index contributed by atoms with van der Waals surface area (Å²) in [4.78, 5) is 0. The van der Waals surface area contributed by atoms with Gasteiger partial charge in [-0.25, -0.2) is 4.39 Å². The molecule has 1 unspecified atom stereocenters. The van der Waals surface area contributed by atoms with Crippen molar-refractivity contribution in [1.82, 2.24) is 0 Å². The molecule has 0 heterocycles. The molecule has 36 heavy (non-hydrogen) atoms. The lowest BCUT2D eigenvalue weighted by Crippen LogP contribution is -2.22. The van der Waals surface area contributed by atoms with Crippen LogP contribution in [-0.2, 0) is 6.42 Å². The molecule has 2 aliphatic carbocycles. The van der Waals surface area contributed by atoms with E-state index in [-0.39, 0.29) is 11.9 Å². The van der Waals surface area contributed by atoms with Crippen LogP contribution in [0.2, 0.25) is 0 Å². The molecule has 190 valence electrons. The monoisotopic (exact) mass is 490 g/mol. The summed E-state index contributed by atoms with van der Waals surface area (Å²) >= 11 is 0. The number of hydrogen-bond donors (Lipinski definition) is 1. The molecule has 0 radical (unpaired) electrons. The van der Waals surface area contributed by atoms with Crippen molar-refractivity contribution < 1.29 is 23.7 Å². The summed E-state index contributed by atoms with van der Waals surface area (Å²) in [6.45, 7) is 7.93. The van der Waals surface area contributed by atoms with Gasteiger partial charge in [0.2, 0.25) is 0 Å². The summed E-state index contributed by atoms with van der Waals surface area (Å²) in [5.74, 6) is 3.37. The molecule has 5 heteroatoms. The highest BCUT2D eigenvalue weighted by Crippen LogP contribution is 2.44. The van der Waals surface area contributed by atoms with Gasteiger partial charge in [0.05, 0.1) is 12.2 Å². The van der Waals surface area contributed by atoms with Crippen LogP contribution in [0.4, 0.5) is 4.39 Å². The maximum Gasteiger partial charge on any atom is 0.131 e. The second-order valence-corrected chi connectivity index (χ2v) is 10.8. The average Bonchev–Trinajstić information content (AvgIpc) is 3.58. The Morgan fingerprint density at radius 3 is 2.28 bits per heavy atom. The van der Waals surface area contributed by atoms with Crippen molar-refractivity contribution in [1.29, 1.82) is 0 Å². The predicted octanol–water partition coefficient (Wildman–Crippen LogP) is 7.72. The smallest absolute Gasteiger partial charge is 0.131 e. The van der Waals surface area contributed by atoms with Crippen LogP contribution in [0.15, 0.2) is 48.5 Å². The zero-order chi connectivity index (χ0) is 25.4. The topological polar surface area (TPSA) is 47.9 Å². The number of benzene rings is 3. The van der Waals surface area contributed by atoms with Crippen molar-refractivity contribution in [3.05, 3.63) is 82.2 Å². The molecule has 0 amide bonds. The predicted molar refractivity (Wildman–Crippen MR) is 139 cm³/mol. The van der Waals surface area contributed by atoms with Gasteiger partial charge in [-0.05, 0) is 112 Å². The molecule has 4 nitrogen and oxygen atoms in total. The summed E-state index contributed by atoms with van der Waals surface area (Å²) in [6, 6.07) is 15.3. The van der Waals surface area contributed by atoms with Gasteiger partial charge in [-0.3, -0.25) is 0 Å².